The minimum atomic E-state index is 0.464. The van der Waals surface area contributed by atoms with Crippen molar-refractivity contribution in [1.82, 2.24) is 25.0 Å². The first-order chi connectivity index (χ1) is 15.3. The molecule has 2 aromatic carbocycles. The Bertz CT molecular complexity index is 1140. The second-order valence-corrected chi connectivity index (χ2v) is 8.23. The molecule has 2 aromatic heterocycles. The third-order valence-corrected chi connectivity index (χ3v) is 5.97. The van der Waals surface area contributed by atoms with Crippen LogP contribution < -0.4 is 4.90 Å². The van der Waals surface area contributed by atoms with E-state index in [0.29, 0.717) is 35.8 Å². The van der Waals surface area contributed by atoms with Crippen molar-refractivity contribution in [2.45, 2.75) is 10.9 Å². The molecule has 0 N–H and O–H groups in total. The second-order valence-electron chi connectivity index (χ2n) is 6.85. The fourth-order valence-corrected chi connectivity index (χ4v) is 4.18. The van der Waals surface area contributed by atoms with Gasteiger partial charge in [0.25, 0.3) is 0 Å². The molecule has 10 heteroatoms. The molecule has 158 valence electrons. The first kappa shape index (κ1) is 20.0. The van der Waals surface area contributed by atoms with Crippen LogP contribution in [0.5, 0.6) is 0 Å². The van der Waals surface area contributed by atoms with Crippen LogP contribution in [0.25, 0.3) is 17.1 Å². The molecule has 0 amide bonds. The minimum absolute atomic E-state index is 0.464. The topological polar surface area (TPSA) is 82.1 Å². The van der Waals surface area contributed by atoms with Crippen LogP contribution in [0, 0.1) is 0 Å². The van der Waals surface area contributed by atoms with Gasteiger partial charge in [-0.2, -0.15) is 0 Å². The predicted octanol–water partition coefficient (Wildman–Crippen LogP) is 4.10. The Morgan fingerprint density at radius 3 is 2.45 bits per heavy atom. The first-order valence-electron chi connectivity index (χ1n) is 9.82. The summed E-state index contributed by atoms with van der Waals surface area (Å²) in [5, 5.41) is 18.7. The van der Waals surface area contributed by atoms with Gasteiger partial charge in [0.1, 0.15) is 0 Å². The molecule has 0 bridgehead atoms. The van der Waals surface area contributed by atoms with E-state index in [4.69, 9.17) is 20.8 Å². The SMILES string of the molecule is Clc1ccc(-c2nnc(CSc3nnc(N4CCOCC4)n3-c3ccccc3)o2)cc1. The molecule has 1 aliphatic rings. The van der Waals surface area contributed by atoms with Gasteiger partial charge in [0.05, 0.1) is 24.7 Å². The van der Waals surface area contributed by atoms with Gasteiger partial charge in [-0.05, 0) is 36.4 Å². The summed E-state index contributed by atoms with van der Waals surface area (Å²) >= 11 is 7.45. The molecule has 5 rings (SSSR count). The molecule has 3 heterocycles. The molecule has 4 aromatic rings. The summed E-state index contributed by atoms with van der Waals surface area (Å²) < 4.78 is 13.4. The van der Waals surface area contributed by atoms with Crippen LogP contribution in [0.1, 0.15) is 5.89 Å². The molecule has 0 saturated carbocycles. The molecular formula is C21H19ClN6O2S. The lowest BCUT2D eigenvalue weighted by molar-refractivity contribution is 0.122. The number of halogens is 1. The van der Waals surface area contributed by atoms with Gasteiger partial charge in [0, 0.05) is 23.7 Å². The summed E-state index contributed by atoms with van der Waals surface area (Å²) in [6.45, 7) is 2.92. The standard InChI is InChI=1S/C21H19ClN6O2S/c22-16-8-6-15(7-9-16)19-24-23-18(30-19)14-31-21-26-25-20(27-10-12-29-13-11-27)28(21)17-4-2-1-3-5-17/h1-9H,10-14H2. The maximum atomic E-state index is 5.95. The summed E-state index contributed by atoms with van der Waals surface area (Å²) in [6, 6.07) is 17.4. The number of ether oxygens (including phenoxy) is 1. The number of aromatic nitrogens is 5. The largest absolute Gasteiger partial charge is 0.420 e. The number of hydrogen-bond acceptors (Lipinski definition) is 8. The van der Waals surface area contributed by atoms with Crippen LogP contribution in [0.3, 0.4) is 0 Å². The summed E-state index contributed by atoms with van der Waals surface area (Å²) in [5.74, 6) is 2.27. The van der Waals surface area contributed by atoms with E-state index < -0.39 is 0 Å². The average molecular weight is 455 g/mol. The fraction of sp³-hybridized carbons (Fsp3) is 0.238. The number of nitrogens with zero attached hydrogens (tertiary/aromatic N) is 6. The van der Waals surface area contributed by atoms with E-state index in [0.717, 1.165) is 35.4 Å². The molecule has 1 saturated heterocycles. The van der Waals surface area contributed by atoms with Gasteiger partial charge in [-0.15, -0.1) is 20.4 Å². The zero-order valence-corrected chi connectivity index (χ0v) is 18.1. The second kappa shape index (κ2) is 9.09. The number of hydrogen-bond donors (Lipinski definition) is 0. The van der Waals surface area contributed by atoms with Crippen molar-refractivity contribution >= 4 is 29.3 Å². The minimum Gasteiger partial charge on any atom is -0.420 e. The Morgan fingerprint density at radius 2 is 1.68 bits per heavy atom. The lowest BCUT2D eigenvalue weighted by atomic mass is 10.2. The summed E-state index contributed by atoms with van der Waals surface area (Å²) in [5.41, 5.74) is 1.83. The Hall–Kier alpha value is -2.88. The van der Waals surface area contributed by atoms with Crippen LogP contribution in [-0.2, 0) is 10.5 Å². The van der Waals surface area contributed by atoms with Crippen molar-refractivity contribution in [3.63, 3.8) is 0 Å². The molecular weight excluding hydrogens is 436 g/mol. The van der Waals surface area contributed by atoms with Crippen LogP contribution in [0.4, 0.5) is 5.95 Å². The number of anilines is 1. The lowest BCUT2D eigenvalue weighted by Crippen LogP contribution is -2.37. The summed E-state index contributed by atoms with van der Waals surface area (Å²) in [4.78, 5) is 2.19. The van der Waals surface area contributed by atoms with Crippen molar-refractivity contribution in [2.24, 2.45) is 0 Å². The Balaban J connectivity index is 1.38. The maximum absolute atomic E-state index is 5.95. The van der Waals surface area contributed by atoms with E-state index in [1.165, 1.54) is 11.8 Å². The lowest BCUT2D eigenvalue weighted by Gasteiger charge is -2.27. The van der Waals surface area contributed by atoms with Gasteiger partial charge in [-0.25, -0.2) is 0 Å². The van der Waals surface area contributed by atoms with Crippen LogP contribution in [0.2, 0.25) is 5.02 Å². The van der Waals surface area contributed by atoms with Crippen LogP contribution in [0.15, 0.2) is 64.2 Å². The highest BCUT2D eigenvalue weighted by Gasteiger charge is 2.22. The highest BCUT2D eigenvalue weighted by Crippen LogP contribution is 2.29. The highest BCUT2D eigenvalue weighted by atomic mass is 35.5. The molecule has 8 nitrogen and oxygen atoms in total. The van der Waals surface area contributed by atoms with Crippen molar-refractivity contribution < 1.29 is 9.15 Å². The van der Waals surface area contributed by atoms with E-state index in [-0.39, 0.29) is 0 Å². The number of morpholine rings is 1. The normalized spacial score (nSPS) is 14.2. The van der Waals surface area contributed by atoms with Crippen LogP contribution in [-0.4, -0.2) is 51.3 Å². The van der Waals surface area contributed by atoms with Gasteiger partial charge >= 0.3 is 0 Å². The molecule has 1 fully saturated rings. The van der Waals surface area contributed by atoms with Gasteiger partial charge in [-0.1, -0.05) is 41.6 Å². The fourth-order valence-electron chi connectivity index (χ4n) is 3.27. The van der Waals surface area contributed by atoms with E-state index in [2.05, 4.69) is 29.9 Å². The van der Waals surface area contributed by atoms with E-state index in [1.807, 2.05) is 42.5 Å². The molecule has 1 aliphatic heterocycles. The van der Waals surface area contributed by atoms with Crippen LogP contribution >= 0.6 is 23.4 Å². The number of para-hydroxylation sites is 1. The number of rotatable bonds is 6. The van der Waals surface area contributed by atoms with E-state index in [9.17, 15) is 0 Å². The quantitative estimate of drug-likeness (QED) is 0.403. The average Bonchev–Trinajstić information content (AvgIpc) is 3.47. The first-order valence-corrected chi connectivity index (χ1v) is 11.2. The van der Waals surface area contributed by atoms with E-state index in [1.54, 1.807) is 12.1 Å². The molecule has 0 aliphatic carbocycles. The Labute approximate surface area is 188 Å². The molecule has 0 atom stereocenters. The number of benzene rings is 2. The van der Waals surface area contributed by atoms with Crippen molar-refractivity contribution in [1.29, 1.82) is 0 Å². The molecule has 0 spiro atoms. The molecule has 0 unspecified atom stereocenters. The van der Waals surface area contributed by atoms with Gasteiger partial charge in [-0.3, -0.25) is 4.57 Å². The smallest absolute Gasteiger partial charge is 0.247 e. The predicted molar refractivity (Wildman–Crippen MR) is 119 cm³/mol. The zero-order valence-electron chi connectivity index (χ0n) is 16.5. The molecule has 31 heavy (non-hydrogen) atoms. The maximum Gasteiger partial charge on any atom is 0.247 e. The van der Waals surface area contributed by atoms with E-state index >= 15 is 0 Å². The van der Waals surface area contributed by atoms with Crippen molar-refractivity contribution in [3.8, 4) is 17.1 Å². The summed E-state index contributed by atoms with van der Waals surface area (Å²) in [7, 11) is 0. The Kier molecular flexibility index (Phi) is 5.88. The van der Waals surface area contributed by atoms with Gasteiger partial charge < -0.3 is 14.1 Å². The summed E-state index contributed by atoms with van der Waals surface area (Å²) in [6.07, 6.45) is 0. The third-order valence-electron chi connectivity index (χ3n) is 4.81. The Morgan fingerprint density at radius 1 is 0.903 bits per heavy atom. The monoisotopic (exact) mass is 454 g/mol. The molecule has 0 radical (unpaired) electrons. The number of thioether (sulfide) groups is 1. The zero-order chi connectivity index (χ0) is 21.0. The van der Waals surface area contributed by atoms with Gasteiger partial charge in [0.2, 0.25) is 17.7 Å². The van der Waals surface area contributed by atoms with Gasteiger partial charge in [0.15, 0.2) is 5.16 Å². The van der Waals surface area contributed by atoms with Crippen molar-refractivity contribution in [2.75, 3.05) is 31.2 Å². The third kappa shape index (κ3) is 4.43. The highest BCUT2D eigenvalue weighted by molar-refractivity contribution is 7.98. The van der Waals surface area contributed by atoms with Crippen molar-refractivity contribution in [3.05, 3.63) is 65.5 Å².